The molecule has 2 aliphatic heterocycles. The van der Waals surface area contributed by atoms with Crippen molar-refractivity contribution in [2.24, 2.45) is 0 Å². The smallest absolute Gasteiger partial charge is 0.224 e. The van der Waals surface area contributed by atoms with Crippen LogP contribution in [0.3, 0.4) is 0 Å². The molecule has 2 unspecified atom stereocenters. The van der Waals surface area contributed by atoms with Crippen molar-refractivity contribution in [1.29, 1.82) is 0 Å². The van der Waals surface area contributed by atoms with Crippen molar-refractivity contribution >= 4 is 0 Å². The van der Waals surface area contributed by atoms with Crippen molar-refractivity contribution in [2.75, 3.05) is 26.4 Å². The average molecular weight is 446 g/mol. The molecule has 14 heteroatoms. The van der Waals surface area contributed by atoms with E-state index in [0.717, 1.165) is 0 Å². The first-order valence-electron chi connectivity index (χ1n) is 9.31. The lowest BCUT2D eigenvalue weighted by molar-refractivity contribution is -0.385. The fourth-order valence-electron chi connectivity index (χ4n) is 3.20. The van der Waals surface area contributed by atoms with Crippen LogP contribution in [0.25, 0.3) is 0 Å². The van der Waals surface area contributed by atoms with Gasteiger partial charge in [-0.15, -0.1) is 0 Å². The standard InChI is InChI=1S/C16H30O14/c17-2-6(20)1-9(21)27-4-8-10(22)12(24)13(25)15(28-8)30-16(5-19)14(26)11(23)7(3-18)29-16/h6-15,17-26H,1-5H2/t6?,7-,8-,9?,10-,11-,12+,13-,14+,15-,16+/m1/s1. The first-order chi connectivity index (χ1) is 14.1. The summed E-state index contributed by atoms with van der Waals surface area (Å²) in [6, 6.07) is 0. The van der Waals surface area contributed by atoms with E-state index in [9.17, 15) is 46.0 Å². The maximum Gasteiger partial charge on any atom is 0.224 e. The van der Waals surface area contributed by atoms with Crippen LogP contribution in [0.4, 0.5) is 0 Å². The van der Waals surface area contributed by atoms with E-state index in [-0.39, 0.29) is 6.42 Å². The molecule has 11 atom stereocenters. The predicted molar refractivity (Wildman–Crippen MR) is 91.2 cm³/mol. The SMILES string of the molecule is OCC(O)CC(O)OC[C@H]1O[C@H](O[C@]2(CO)O[C@H](CO)[C@@H](O)[C@@H]2O)[C@H](O)[C@@H](O)[C@@H]1O. The van der Waals surface area contributed by atoms with Gasteiger partial charge in [-0.25, -0.2) is 0 Å². The van der Waals surface area contributed by atoms with Crippen LogP contribution in [-0.4, -0.2) is 145 Å². The Kier molecular flexibility index (Phi) is 9.29. The van der Waals surface area contributed by atoms with E-state index in [2.05, 4.69) is 0 Å². The Morgan fingerprint density at radius 2 is 1.53 bits per heavy atom. The Labute approximate surface area is 171 Å². The molecule has 0 aliphatic carbocycles. The zero-order valence-electron chi connectivity index (χ0n) is 15.9. The maximum absolute atomic E-state index is 10.2. The highest BCUT2D eigenvalue weighted by atomic mass is 16.8. The summed E-state index contributed by atoms with van der Waals surface area (Å²) in [6.07, 6.45) is -16.5. The molecule has 0 aromatic carbocycles. The summed E-state index contributed by atoms with van der Waals surface area (Å²) in [7, 11) is 0. The van der Waals surface area contributed by atoms with Crippen molar-refractivity contribution in [3.63, 3.8) is 0 Å². The third-order valence-corrected chi connectivity index (χ3v) is 5.03. The molecule has 0 bridgehead atoms. The van der Waals surface area contributed by atoms with E-state index in [1.54, 1.807) is 0 Å². The van der Waals surface area contributed by atoms with Gasteiger partial charge in [-0.05, 0) is 0 Å². The normalized spacial score (nSPS) is 44.2. The number of hydrogen-bond donors (Lipinski definition) is 10. The highest BCUT2D eigenvalue weighted by Crippen LogP contribution is 2.36. The summed E-state index contributed by atoms with van der Waals surface area (Å²) in [5, 5.41) is 96.9. The molecule has 2 aliphatic rings. The summed E-state index contributed by atoms with van der Waals surface area (Å²) in [5.74, 6) is -2.31. The van der Waals surface area contributed by atoms with Gasteiger partial charge in [0.1, 0.15) is 49.3 Å². The predicted octanol–water partition coefficient (Wildman–Crippen LogP) is -6.31. The first kappa shape index (κ1) is 25.7. The monoisotopic (exact) mass is 446 g/mol. The Balaban J connectivity index is 2.06. The van der Waals surface area contributed by atoms with Crippen LogP contribution in [0.15, 0.2) is 0 Å². The minimum Gasteiger partial charge on any atom is -0.394 e. The van der Waals surface area contributed by atoms with Crippen molar-refractivity contribution < 1.29 is 70.0 Å². The fraction of sp³-hybridized carbons (Fsp3) is 1.00. The van der Waals surface area contributed by atoms with Gasteiger partial charge < -0.3 is 70.0 Å². The Bertz CT molecular complexity index is 524. The first-order valence-corrected chi connectivity index (χ1v) is 9.31. The fourth-order valence-corrected chi connectivity index (χ4v) is 3.20. The zero-order chi connectivity index (χ0) is 22.6. The van der Waals surface area contributed by atoms with Crippen LogP contribution >= 0.6 is 0 Å². The zero-order valence-corrected chi connectivity index (χ0v) is 15.9. The van der Waals surface area contributed by atoms with Gasteiger partial charge in [0.25, 0.3) is 0 Å². The second kappa shape index (κ2) is 10.8. The highest BCUT2D eigenvalue weighted by molar-refractivity contribution is 4.98. The van der Waals surface area contributed by atoms with E-state index in [1.807, 2.05) is 0 Å². The van der Waals surface area contributed by atoms with Gasteiger partial charge in [0.15, 0.2) is 12.6 Å². The summed E-state index contributed by atoms with van der Waals surface area (Å²) in [5.41, 5.74) is 0. The van der Waals surface area contributed by atoms with Gasteiger partial charge in [0.05, 0.1) is 25.9 Å². The molecule has 0 spiro atoms. The van der Waals surface area contributed by atoms with E-state index in [0.29, 0.717) is 0 Å². The lowest BCUT2D eigenvalue weighted by Crippen LogP contribution is -2.63. The second-order valence-corrected chi connectivity index (χ2v) is 7.24. The Hall–Kier alpha value is -0.560. The molecule has 2 rings (SSSR count). The third kappa shape index (κ3) is 5.43. The molecule has 14 nitrogen and oxygen atoms in total. The molecule has 2 heterocycles. The molecule has 178 valence electrons. The minimum absolute atomic E-state index is 0.349. The molecule has 10 N–H and O–H groups in total. The lowest BCUT2D eigenvalue weighted by Gasteiger charge is -2.43. The lowest BCUT2D eigenvalue weighted by atomic mass is 9.99. The van der Waals surface area contributed by atoms with Gasteiger partial charge in [-0.3, -0.25) is 0 Å². The van der Waals surface area contributed by atoms with Crippen LogP contribution in [-0.2, 0) is 18.9 Å². The quantitative estimate of drug-likeness (QED) is 0.140. The minimum atomic E-state index is -2.31. The molecule has 0 saturated carbocycles. The van der Waals surface area contributed by atoms with Crippen molar-refractivity contribution in [2.45, 2.75) is 73.6 Å². The van der Waals surface area contributed by atoms with Crippen LogP contribution in [0.2, 0.25) is 0 Å². The van der Waals surface area contributed by atoms with E-state index < -0.39 is 93.6 Å². The largest absolute Gasteiger partial charge is 0.394 e. The molecule has 0 amide bonds. The van der Waals surface area contributed by atoms with E-state index in [1.165, 1.54) is 0 Å². The Morgan fingerprint density at radius 1 is 0.867 bits per heavy atom. The van der Waals surface area contributed by atoms with Crippen LogP contribution < -0.4 is 0 Å². The molecular formula is C16H30O14. The summed E-state index contributed by atoms with van der Waals surface area (Å²) in [6.45, 7) is -2.89. The third-order valence-electron chi connectivity index (χ3n) is 5.03. The Morgan fingerprint density at radius 3 is 2.07 bits per heavy atom. The van der Waals surface area contributed by atoms with Gasteiger partial charge in [0.2, 0.25) is 5.79 Å². The van der Waals surface area contributed by atoms with Crippen molar-refractivity contribution in [1.82, 2.24) is 0 Å². The van der Waals surface area contributed by atoms with Gasteiger partial charge in [-0.1, -0.05) is 0 Å². The maximum atomic E-state index is 10.2. The molecular weight excluding hydrogens is 416 g/mol. The molecule has 0 aromatic heterocycles. The number of rotatable bonds is 10. The van der Waals surface area contributed by atoms with E-state index in [4.69, 9.17) is 24.1 Å². The average Bonchev–Trinajstić information content (AvgIpc) is 2.98. The molecule has 30 heavy (non-hydrogen) atoms. The van der Waals surface area contributed by atoms with Gasteiger partial charge >= 0.3 is 0 Å². The van der Waals surface area contributed by atoms with E-state index >= 15 is 0 Å². The van der Waals surface area contributed by atoms with Crippen LogP contribution in [0.1, 0.15) is 6.42 Å². The van der Waals surface area contributed by atoms with Crippen LogP contribution in [0.5, 0.6) is 0 Å². The van der Waals surface area contributed by atoms with Crippen molar-refractivity contribution in [3.05, 3.63) is 0 Å². The van der Waals surface area contributed by atoms with Crippen molar-refractivity contribution in [3.8, 4) is 0 Å². The van der Waals surface area contributed by atoms with Gasteiger partial charge in [0, 0.05) is 6.42 Å². The topological polar surface area (TPSA) is 239 Å². The molecule has 0 aromatic rings. The number of aliphatic hydroxyl groups excluding tert-OH is 10. The summed E-state index contributed by atoms with van der Waals surface area (Å²) in [4.78, 5) is 0. The highest BCUT2D eigenvalue weighted by Gasteiger charge is 2.58. The number of ether oxygens (including phenoxy) is 4. The summed E-state index contributed by atoms with van der Waals surface area (Å²) < 4.78 is 20.8. The second-order valence-electron chi connectivity index (χ2n) is 7.24. The van der Waals surface area contributed by atoms with Crippen LogP contribution in [0, 0.1) is 0 Å². The number of hydrogen-bond acceptors (Lipinski definition) is 14. The summed E-state index contributed by atoms with van der Waals surface area (Å²) >= 11 is 0. The molecule has 2 saturated heterocycles. The number of aliphatic hydroxyl groups is 10. The molecule has 2 fully saturated rings. The molecule has 0 radical (unpaired) electrons. The van der Waals surface area contributed by atoms with Gasteiger partial charge in [-0.2, -0.15) is 0 Å².